The van der Waals surface area contributed by atoms with Crippen LogP contribution in [-0.2, 0) is 21.2 Å². The number of carbonyl (C=O) groups is 1. The maximum Gasteiger partial charge on any atom is 0.240 e. The Morgan fingerprint density at radius 2 is 2.16 bits per heavy atom. The molecule has 1 aromatic carbocycles. The van der Waals surface area contributed by atoms with Crippen molar-refractivity contribution < 1.29 is 18.3 Å². The molecular weight excluding hydrogens is 268 g/mol. The van der Waals surface area contributed by atoms with Crippen LogP contribution in [0.1, 0.15) is 12.0 Å². The van der Waals surface area contributed by atoms with Crippen LogP contribution < -0.4 is 9.62 Å². The summed E-state index contributed by atoms with van der Waals surface area (Å²) in [6, 6.07) is 4.65. The van der Waals surface area contributed by atoms with E-state index in [0.717, 1.165) is 11.3 Å². The molecule has 19 heavy (non-hydrogen) atoms. The predicted octanol–water partition coefficient (Wildman–Crippen LogP) is -0.134. The van der Waals surface area contributed by atoms with Gasteiger partial charge < -0.3 is 10.0 Å². The van der Waals surface area contributed by atoms with Crippen molar-refractivity contribution >= 4 is 21.6 Å². The Kier molecular flexibility index (Phi) is 3.88. The highest BCUT2D eigenvalue weighted by atomic mass is 32.2. The van der Waals surface area contributed by atoms with Gasteiger partial charge in [-0.2, -0.15) is 0 Å². The van der Waals surface area contributed by atoms with Gasteiger partial charge in [-0.05, 0) is 30.2 Å². The average molecular weight is 284 g/mol. The number of hydrogen-bond acceptors (Lipinski definition) is 4. The van der Waals surface area contributed by atoms with E-state index in [2.05, 4.69) is 4.72 Å². The number of carbonyl (C=O) groups excluding carboxylic acids is 1. The third-order valence-electron chi connectivity index (χ3n) is 3.07. The fraction of sp³-hybridized carbons (Fsp3) is 0.417. The summed E-state index contributed by atoms with van der Waals surface area (Å²) in [6.45, 7) is 0.126. The smallest absolute Gasteiger partial charge is 0.240 e. The van der Waals surface area contributed by atoms with Gasteiger partial charge in [0.05, 0.1) is 11.3 Å². The molecule has 2 N–H and O–H groups in total. The van der Waals surface area contributed by atoms with E-state index in [4.69, 9.17) is 5.11 Å². The largest absolute Gasteiger partial charge is 0.396 e. The first-order chi connectivity index (χ1) is 8.95. The number of nitrogens with one attached hydrogen (secondary N) is 1. The molecule has 0 fully saturated rings. The van der Waals surface area contributed by atoms with Crippen LogP contribution in [0.15, 0.2) is 23.1 Å². The number of hydrogen-bond donors (Lipinski definition) is 2. The molecule has 0 bridgehead atoms. The summed E-state index contributed by atoms with van der Waals surface area (Å²) in [5, 5.41) is 8.64. The summed E-state index contributed by atoms with van der Waals surface area (Å²) in [7, 11) is -1.91. The molecule has 0 aromatic heterocycles. The van der Waals surface area contributed by atoms with Crippen molar-refractivity contribution in [3.8, 4) is 0 Å². The van der Waals surface area contributed by atoms with Crippen molar-refractivity contribution in [2.45, 2.75) is 17.7 Å². The van der Waals surface area contributed by atoms with Crippen LogP contribution in [0.3, 0.4) is 0 Å². The number of amides is 1. The van der Waals surface area contributed by atoms with Gasteiger partial charge in [-0.3, -0.25) is 4.79 Å². The van der Waals surface area contributed by atoms with Crippen molar-refractivity contribution in [1.29, 1.82) is 0 Å². The van der Waals surface area contributed by atoms with Crippen LogP contribution in [-0.4, -0.2) is 39.6 Å². The standard InChI is InChI=1S/C12H16N2O4S/c1-14-11-4-3-10(7-9(11)8-12(14)16)19(17,18)13-5-2-6-15/h3-4,7,13,15H,2,5-6,8H2,1H3. The minimum Gasteiger partial charge on any atom is -0.396 e. The molecule has 1 heterocycles. The summed E-state index contributed by atoms with van der Waals surface area (Å²) >= 11 is 0. The van der Waals surface area contributed by atoms with E-state index in [9.17, 15) is 13.2 Å². The lowest BCUT2D eigenvalue weighted by atomic mass is 10.2. The number of fused-ring (bicyclic) bond motifs is 1. The molecule has 6 nitrogen and oxygen atoms in total. The van der Waals surface area contributed by atoms with Crippen LogP contribution >= 0.6 is 0 Å². The number of aliphatic hydroxyl groups excluding tert-OH is 1. The fourth-order valence-electron chi connectivity index (χ4n) is 1.98. The summed E-state index contributed by atoms with van der Waals surface area (Å²) in [5.74, 6) is -0.0437. The first-order valence-corrected chi connectivity index (χ1v) is 7.44. The molecular formula is C12H16N2O4S. The third kappa shape index (κ3) is 2.78. The Hall–Kier alpha value is -1.44. The van der Waals surface area contributed by atoms with Crippen LogP contribution in [0.5, 0.6) is 0 Å². The van der Waals surface area contributed by atoms with Crippen molar-refractivity contribution in [2.75, 3.05) is 25.1 Å². The molecule has 0 saturated carbocycles. The van der Waals surface area contributed by atoms with E-state index in [-0.39, 0.29) is 30.4 Å². The average Bonchev–Trinajstić information content (AvgIpc) is 2.65. The van der Waals surface area contributed by atoms with Gasteiger partial charge in [-0.25, -0.2) is 13.1 Å². The fourth-order valence-corrected chi connectivity index (χ4v) is 3.11. The zero-order valence-corrected chi connectivity index (χ0v) is 11.4. The quantitative estimate of drug-likeness (QED) is 0.737. The molecule has 0 aliphatic carbocycles. The topological polar surface area (TPSA) is 86.7 Å². The van der Waals surface area contributed by atoms with Crippen molar-refractivity contribution in [3.05, 3.63) is 23.8 Å². The third-order valence-corrected chi connectivity index (χ3v) is 4.52. The molecule has 0 saturated heterocycles. The Morgan fingerprint density at radius 3 is 2.84 bits per heavy atom. The first kappa shape index (κ1) is 14.0. The lowest BCUT2D eigenvalue weighted by molar-refractivity contribution is -0.117. The lowest BCUT2D eigenvalue weighted by Crippen LogP contribution is -2.25. The monoisotopic (exact) mass is 284 g/mol. The zero-order chi connectivity index (χ0) is 14.0. The molecule has 0 radical (unpaired) electrons. The van der Waals surface area contributed by atoms with Crippen molar-refractivity contribution in [3.63, 3.8) is 0 Å². The van der Waals surface area contributed by atoms with Gasteiger partial charge in [0.25, 0.3) is 0 Å². The van der Waals surface area contributed by atoms with E-state index in [1.54, 1.807) is 13.1 Å². The number of likely N-dealkylation sites (N-methyl/N-ethyl adjacent to an activating group) is 1. The van der Waals surface area contributed by atoms with Gasteiger partial charge in [-0.1, -0.05) is 0 Å². The SMILES string of the molecule is CN1C(=O)Cc2cc(S(=O)(=O)NCCCO)ccc21. The Labute approximate surface area is 112 Å². The second kappa shape index (κ2) is 5.28. The van der Waals surface area contributed by atoms with Crippen LogP contribution in [0.25, 0.3) is 0 Å². The van der Waals surface area contributed by atoms with E-state index in [1.165, 1.54) is 17.0 Å². The van der Waals surface area contributed by atoms with Gasteiger partial charge in [-0.15, -0.1) is 0 Å². The summed E-state index contributed by atoms with van der Waals surface area (Å²) in [4.78, 5) is 13.2. The molecule has 1 aromatic rings. The van der Waals surface area contributed by atoms with Gasteiger partial charge in [0, 0.05) is 25.9 Å². The molecule has 0 atom stereocenters. The summed E-state index contributed by atoms with van der Waals surface area (Å²) in [6.07, 6.45) is 0.594. The number of aliphatic hydroxyl groups is 1. The maximum absolute atomic E-state index is 12.0. The Balaban J connectivity index is 2.24. The van der Waals surface area contributed by atoms with E-state index >= 15 is 0 Å². The van der Waals surface area contributed by atoms with Crippen LogP contribution in [0.2, 0.25) is 0 Å². The Morgan fingerprint density at radius 1 is 1.42 bits per heavy atom. The van der Waals surface area contributed by atoms with Gasteiger partial charge in [0.2, 0.25) is 15.9 Å². The zero-order valence-electron chi connectivity index (χ0n) is 10.6. The van der Waals surface area contributed by atoms with Crippen molar-refractivity contribution in [2.24, 2.45) is 0 Å². The number of anilines is 1. The molecule has 2 rings (SSSR count). The molecule has 1 amide bonds. The van der Waals surface area contributed by atoms with Crippen LogP contribution in [0, 0.1) is 0 Å². The predicted molar refractivity (Wildman–Crippen MR) is 70.4 cm³/mol. The van der Waals surface area contributed by atoms with Crippen molar-refractivity contribution in [1.82, 2.24) is 4.72 Å². The summed E-state index contributed by atoms with van der Waals surface area (Å²) < 4.78 is 26.4. The maximum atomic E-state index is 12.0. The number of nitrogens with zero attached hydrogens (tertiary/aromatic N) is 1. The number of rotatable bonds is 5. The summed E-state index contributed by atoms with van der Waals surface area (Å²) in [5.41, 5.74) is 1.47. The molecule has 0 spiro atoms. The Bertz CT molecular complexity index is 598. The highest BCUT2D eigenvalue weighted by molar-refractivity contribution is 7.89. The highest BCUT2D eigenvalue weighted by Crippen LogP contribution is 2.29. The van der Waals surface area contributed by atoms with E-state index < -0.39 is 10.0 Å². The molecule has 104 valence electrons. The highest BCUT2D eigenvalue weighted by Gasteiger charge is 2.25. The molecule has 1 aliphatic heterocycles. The minimum atomic E-state index is -3.58. The van der Waals surface area contributed by atoms with Crippen LogP contribution in [0.4, 0.5) is 5.69 Å². The van der Waals surface area contributed by atoms with E-state index in [0.29, 0.717) is 6.42 Å². The first-order valence-electron chi connectivity index (χ1n) is 5.96. The molecule has 7 heteroatoms. The lowest BCUT2D eigenvalue weighted by Gasteiger charge is -2.11. The van der Waals surface area contributed by atoms with Gasteiger partial charge in [0.15, 0.2) is 0 Å². The van der Waals surface area contributed by atoms with E-state index in [1.807, 2.05) is 0 Å². The second-order valence-corrected chi connectivity index (χ2v) is 6.16. The molecule has 0 unspecified atom stereocenters. The normalized spacial score (nSPS) is 14.8. The van der Waals surface area contributed by atoms with Gasteiger partial charge in [0.1, 0.15) is 0 Å². The minimum absolute atomic E-state index is 0.0437. The van der Waals surface area contributed by atoms with Gasteiger partial charge >= 0.3 is 0 Å². The molecule has 1 aliphatic rings. The second-order valence-electron chi connectivity index (χ2n) is 4.39. The number of benzene rings is 1. The number of sulfonamides is 1.